The largest absolute Gasteiger partial charge is 0.366 e. The molecule has 1 aromatic rings. The molecule has 0 unspecified atom stereocenters. The molecule has 62 valence electrons. The van der Waals surface area contributed by atoms with Crippen LogP contribution in [0.25, 0.3) is 0 Å². The highest BCUT2D eigenvalue weighted by atomic mass is 35.5. The molecule has 3 nitrogen and oxygen atoms in total. The van der Waals surface area contributed by atoms with E-state index in [4.69, 9.17) is 11.0 Å². The monoisotopic (exact) mass is 182 g/mol. The smallest absolute Gasteiger partial charge is 0.250 e. The van der Waals surface area contributed by atoms with Crippen molar-refractivity contribution in [2.24, 2.45) is 5.73 Å². The fourth-order valence-electron chi connectivity index (χ4n) is 0.795. The summed E-state index contributed by atoms with van der Waals surface area (Å²) in [5, 5.41) is 8.51. The molecular weight excluding hydrogens is 176 g/mol. The van der Waals surface area contributed by atoms with Crippen LogP contribution in [0.5, 0.6) is 0 Å². The number of benzene rings is 1. The molecule has 0 spiro atoms. The molecule has 0 atom stereocenters. The number of hydrogen-bond acceptors (Lipinski definition) is 2. The van der Waals surface area contributed by atoms with Gasteiger partial charge in [-0.15, -0.1) is 12.4 Å². The first-order chi connectivity index (χ1) is 5.25. The fraction of sp³-hybridized carbons (Fsp3) is 0. The van der Waals surface area contributed by atoms with E-state index in [-0.39, 0.29) is 18.0 Å². The van der Waals surface area contributed by atoms with Crippen molar-refractivity contribution in [3.63, 3.8) is 0 Å². The summed E-state index contributed by atoms with van der Waals surface area (Å²) in [5.74, 6) is -0.567. The van der Waals surface area contributed by atoms with E-state index >= 15 is 0 Å². The highest BCUT2D eigenvalue weighted by molar-refractivity contribution is 5.95. The van der Waals surface area contributed by atoms with Crippen molar-refractivity contribution in [3.05, 3.63) is 35.4 Å². The van der Waals surface area contributed by atoms with Crippen LogP contribution in [-0.4, -0.2) is 5.91 Å². The number of halogens is 1. The summed E-state index contributed by atoms with van der Waals surface area (Å²) < 4.78 is 0. The van der Waals surface area contributed by atoms with Gasteiger partial charge in [0.15, 0.2) is 0 Å². The Morgan fingerprint density at radius 1 is 1.42 bits per heavy atom. The summed E-state index contributed by atoms with van der Waals surface area (Å²) in [6, 6.07) is 8.31. The van der Waals surface area contributed by atoms with Crippen molar-refractivity contribution in [2.75, 3.05) is 0 Å². The van der Waals surface area contributed by atoms with Gasteiger partial charge in [0.25, 0.3) is 0 Å². The molecule has 0 fully saturated rings. The van der Waals surface area contributed by atoms with Crippen molar-refractivity contribution in [1.29, 1.82) is 5.26 Å². The molecule has 1 rings (SSSR count). The summed E-state index contributed by atoms with van der Waals surface area (Å²) in [7, 11) is 0. The average Bonchev–Trinajstić information content (AvgIpc) is 2.04. The number of carbonyl (C=O) groups is 1. The van der Waals surface area contributed by atoms with E-state index in [1.807, 2.05) is 6.07 Å². The number of hydrogen-bond donors (Lipinski definition) is 1. The first kappa shape index (κ1) is 10.5. The number of amides is 1. The van der Waals surface area contributed by atoms with Crippen molar-refractivity contribution in [3.8, 4) is 6.07 Å². The van der Waals surface area contributed by atoms with Crippen molar-refractivity contribution >= 4 is 18.3 Å². The summed E-state index contributed by atoms with van der Waals surface area (Å²) >= 11 is 0. The van der Waals surface area contributed by atoms with Crippen LogP contribution in [-0.2, 0) is 0 Å². The lowest BCUT2D eigenvalue weighted by molar-refractivity contribution is 0.1000. The molecule has 1 amide bonds. The number of rotatable bonds is 1. The Bertz CT molecular complexity index is 330. The fourth-order valence-corrected chi connectivity index (χ4v) is 0.795. The van der Waals surface area contributed by atoms with Gasteiger partial charge in [-0.1, -0.05) is 12.1 Å². The van der Waals surface area contributed by atoms with E-state index < -0.39 is 5.91 Å². The van der Waals surface area contributed by atoms with Gasteiger partial charge >= 0.3 is 0 Å². The Hall–Kier alpha value is -1.53. The van der Waals surface area contributed by atoms with Gasteiger partial charge in [0.1, 0.15) is 0 Å². The topological polar surface area (TPSA) is 66.9 Å². The zero-order valence-corrected chi connectivity index (χ0v) is 6.97. The molecule has 0 aliphatic heterocycles. The van der Waals surface area contributed by atoms with Gasteiger partial charge in [-0.2, -0.15) is 5.26 Å². The van der Waals surface area contributed by atoms with Crippen LogP contribution in [0, 0.1) is 11.3 Å². The summed E-state index contributed by atoms with van der Waals surface area (Å²) in [6.07, 6.45) is 0. The molecule has 1 aromatic carbocycles. The van der Waals surface area contributed by atoms with Crippen LogP contribution in [0.3, 0.4) is 0 Å². The third-order valence-electron chi connectivity index (χ3n) is 1.31. The van der Waals surface area contributed by atoms with Gasteiger partial charge in [0.05, 0.1) is 17.2 Å². The second-order valence-corrected chi connectivity index (χ2v) is 2.02. The van der Waals surface area contributed by atoms with Crippen molar-refractivity contribution in [2.45, 2.75) is 0 Å². The lowest BCUT2D eigenvalue weighted by atomic mass is 10.1. The van der Waals surface area contributed by atoms with E-state index in [0.717, 1.165) is 0 Å². The second-order valence-electron chi connectivity index (χ2n) is 2.02. The molecule has 0 radical (unpaired) electrons. The molecule has 0 saturated heterocycles. The Morgan fingerprint density at radius 2 is 2.00 bits per heavy atom. The third-order valence-corrected chi connectivity index (χ3v) is 1.31. The molecule has 12 heavy (non-hydrogen) atoms. The molecule has 0 heterocycles. The Kier molecular flexibility index (Phi) is 3.81. The van der Waals surface area contributed by atoms with Gasteiger partial charge in [0.2, 0.25) is 5.91 Å². The lowest BCUT2D eigenvalue weighted by Crippen LogP contribution is -2.12. The standard InChI is InChI=1S/C8H6N2O.ClH/c9-5-6-3-1-2-4-7(6)8(10)11;/h1-4H,(H2,10,11);1H. The zero-order valence-electron chi connectivity index (χ0n) is 6.15. The van der Waals surface area contributed by atoms with Crippen LogP contribution < -0.4 is 5.73 Å². The Morgan fingerprint density at radius 3 is 2.42 bits per heavy atom. The third kappa shape index (κ3) is 1.97. The molecule has 0 aliphatic rings. The molecule has 0 aromatic heterocycles. The highest BCUT2D eigenvalue weighted by Gasteiger charge is 2.04. The Balaban J connectivity index is 0.00000121. The van der Waals surface area contributed by atoms with Crippen LogP contribution in [0.4, 0.5) is 0 Å². The van der Waals surface area contributed by atoms with Crippen LogP contribution >= 0.6 is 12.4 Å². The predicted molar refractivity (Wildman–Crippen MR) is 46.9 cm³/mol. The van der Waals surface area contributed by atoms with E-state index in [1.54, 1.807) is 18.2 Å². The van der Waals surface area contributed by atoms with Gasteiger partial charge in [-0.05, 0) is 12.1 Å². The normalized spacial score (nSPS) is 7.92. The van der Waals surface area contributed by atoms with E-state index in [9.17, 15) is 4.79 Å². The average molecular weight is 183 g/mol. The van der Waals surface area contributed by atoms with E-state index in [0.29, 0.717) is 5.56 Å². The minimum Gasteiger partial charge on any atom is -0.366 e. The lowest BCUT2D eigenvalue weighted by Gasteiger charge is -1.95. The minimum absolute atomic E-state index is 0. The highest BCUT2D eigenvalue weighted by Crippen LogP contribution is 2.05. The number of nitrogens with two attached hydrogens (primary N) is 1. The van der Waals surface area contributed by atoms with Crippen molar-refractivity contribution in [1.82, 2.24) is 0 Å². The second kappa shape index (κ2) is 4.37. The molecular formula is C8H7ClN2O. The minimum atomic E-state index is -0.567. The maximum atomic E-state index is 10.7. The van der Waals surface area contributed by atoms with Gasteiger partial charge < -0.3 is 5.73 Å². The van der Waals surface area contributed by atoms with Crippen LogP contribution in [0.2, 0.25) is 0 Å². The number of carbonyl (C=O) groups excluding carboxylic acids is 1. The molecule has 0 saturated carbocycles. The number of nitriles is 1. The zero-order chi connectivity index (χ0) is 8.27. The Labute approximate surface area is 76.2 Å². The number of nitrogens with zero attached hydrogens (tertiary/aromatic N) is 1. The first-order valence-corrected chi connectivity index (χ1v) is 3.04. The van der Waals surface area contributed by atoms with E-state index in [2.05, 4.69) is 0 Å². The van der Waals surface area contributed by atoms with Crippen molar-refractivity contribution < 1.29 is 4.79 Å². The van der Waals surface area contributed by atoms with Gasteiger partial charge in [0, 0.05) is 0 Å². The summed E-state index contributed by atoms with van der Waals surface area (Å²) in [4.78, 5) is 10.7. The maximum absolute atomic E-state index is 10.7. The van der Waals surface area contributed by atoms with Crippen LogP contribution in [0.1, 0.15) is 15.9 Å². The quantitative estimate of drug-likeness (QED) is 0.706. The maximum Gasteiger partial charge on any atom is 0.250 e. The van der Waals surface area contributed by atoms with Crippen LogP contribution in [0.15, 0.2) is 24.3 Å². The predicted octanol–water partition coefficient (Wildman–Crippen LogP) is 1.08. The molecule has 4 heteroatoms. The molecule has 0 bridgehead atoms. The van der Waals surface area contributed by atoms with Gasteiger partial charge in [-0.25, -0.2) is 0 Å². The van der Waals surface area contributed by atoms with Gasteiger partial charge in [-0.3, -0.25) is 4.79 Å². The summed E-state index contributed by atoms with van der Waals surface area (Å²) in [5.41, 5.74) is 5.59. The summed E-state index contributed by atoms with van der Waals surface area (Å²) in [6.45, 7) is 0. The SMILES string of the molecule is Cl.N#Cc1ccccc1C(N)=O. The molecule has 2 N–H and O–H groups in total. The number of primary amides is 1. The first-order valence-electron chi connectivity index (χ1n) is 3.04. The molecule has 0 aliphatic carbocycles. The van der Waals surface area contributed by atoms with E-state index in [1.165, 1.54) is 6.07 Å².